The lowest BCUT2D eigenvalue weighted by molar-refractivity contribution is 0.0295. The van der Waals surface area contributed by atoms with Crippen LogP contribution in [0.1, 0.15) is 30.0 Å². The van der Waals surface area contributed by atoms with Crippen LogP contribution in [0.25, 0.3) is 0 Å². The van der Waals surface area contributed by atoms with Crippen LogP contribution >= 0.6 is 0 Å². The number of hydrogen-bond donors (Lipinski definition) is 1. The number of rotatable bonds is 3. The zero-order chi connectivity index (χ0) is 18.4. The molecule has 8 nitrogen and oxygen atoms in total. The van der Waals surface area contributed by atoms with E-state index >= 15 is 0 Å². The first-order chi connectivity index (χ1) is 11.7. The van der Waals surface area contributed by atoms with Crippen LogP contribution in [0.3, 0.4) is 0 Å². The highest BCUT2D eigenvalue weighted by Gasteiger charge is 2.48. The molecule has 0 spiro atoms. The summed E-state index contributed by atoms with van der Waals surface area (Å²) in [5.41, 5.74) is -0.523. The third-order valence-corrected chi connectivity index (χ3v) is 6.51. The van der Waals surface area contributed by atoms with Gasteiger partial charge in [0, 0.05) is 31.9 Å². The van der Waals surface area contributed by atoms with Crippen LogP contribution in [0.5, 0.6) is 0 Å². The summed E-state index contributed by atoms with van der Waals surface area (Å²) in [6, 6.07) is -0.617. The van der Waals surface area contributed by atoms with Crippen molar-refractivity contribution in [3.8, 4) is 0 Å². The molecule has 2 saturated heterocycles. The molecule has 3 heterocycles. The molecular weight excluding hydrogens is 344 g/mol. The van der Waals surface area contributed by atoms with E-state index in [1.807, 2.05) is 0 Å². The first-order valence-electron chi connectivity index (χ1n) is 8.49. The fourth-order valence-electron chi connectivity index (χ4n) is 3.76. The maximum Gasteiger partial charge on any atom is 0.263 e. The standard InChI is InChI=1S/C16H24N4O4S/c1-10(2)7-19-4-5-20(14-9-25(23,24)8-13(14)19)16(22)12-6-17-11(3)18-15(12)21/h6,10,13-14H,4-5,7-9H2,1-3H3,(H,17,18,21)/t13-,14+/m1/s1. The lowest BCUT2D eigenvalue weighted by atomic mass is 10.0. The number of H-pyrrole nitrogens is 1. The van der Waals surface area contributed by atoms with E-state index in [9.17, 15) is 18.0 Å². The molecule has 1 N–H and O–H groups in total. The van der Waals surface area contributed by atoms with Gasteiger partial charge in [0.25, 0.3) is 11.5 Å². The quantitative estimate of drug-likeness (QED) is 0.783. The normalized spacial score (nSPS) is 26.0. The molecule has 1 aromatic rings. The van der Waals surface area contributed by atoms with E-state index in [1.54, 1.807) is 11.8 Å². The van der Waals surface area contributed by atoms with E-state index < -0.39 is 27.3 Å². The third-order valence-electron chi connectivity index (χ3n) is 4.81. The van der Waals surface area contributed by atoms with Gasteiger partial charge in [0.1, 0.15) is 11.4 Å². The third kappa shape index (κ3) is 3.62. The van der Waals surface area contributed by atoms with Gasteiger partial charge >= 0.3 is 0 Å². The molecule has 0 aliphatic carbocycles. The molecular formula is C16H24N4O4S. The minimum atomic E-state index is -3.20. The molecule has 0 radical (unpaired) electrons. The van der Waals surface area contributed by atoms with Gasteiger partial charge in [0.05, 0.1) is 17.5 Å². The average molecular weight is 368 g/mol. The highest BCUT2D eigenvalue weighted by atomic mass is 32.2. The topological polar surface area (TPSA) is 103 Å². The van der Waals surface area contributed by atoms with Gasteiger partial charge in [-0.05, 0) is 12.8 Å². The van der Waals surface area contributed by atoms with Crippen molar-refractivity contribution in [2.45, 2.75) is 32.9 Å². The molecule has 9 heteroatoms. The Morgan fingerprint density at radius 1 is 1.32 bits per heavy atom. The molecule has 25 heavy (non-hydrogen) atoms. The zero-order valence-corrected chi connectivity index (χ0v) is 15.5. The molecule has 2 aliphatic heterocycles. The summed E-state index contributed by atoms with van der Waals surface area (Å²) in [4.78, 5) is 35.2. The van der Waals surface area contributed by atoms with Crippen molar-refractivity contribution in [1.82, 2.24) is 19.8 Å². The number of fused-ring (bicyclic) bond motifs is 1. The van der Waals surface area contributed by atoms with Crippen LogP contribution in [0, 0.1) is 12.8 Å². The van der Waals surface area contributed by atoms with Gasteiger partial charge in [0.15, 0.2) is 9.84 Å². The predicted molar refractivity (Wildman–Crippen MR) is 93.3 cm³/mol. The molecule has 2 fully saturated rings. The Morgan fingerprint density at radius 2 is 2.00 bits per heavy atom. The van der Waals surface area contributed by atoms with Gasteiger partial charge in [-0.3, -0.25) is 14.5 Å². The van der Waals surface area contributed by atoms with Crippen molar-refractivity contribution in [3.05, 3.63) is 27.9 Å². The number of hydrogen-bond acceptors (Lipinski definition) is 6. The van der Waals surface area contributed by atoms with Crippen molar-refractivity contribution in [2.75, 3.05) is 31.1 Å². The Bertz CT molecular complexity index is 833. The first-order valence-corrected chi connectivity index (χ1v) is 10.3. The number of nitrogens with zero attached hydrogens (tertiary/aromatic N) is 3. The number of nitrogens with one attached hydrogen (secondary N) is 1. The largest absolute Gasteiger partial charge is 0.332 e. The van der Waals surface area contributed by atoms with Crippen LogP contribution in [-0.4, -0.2) is 77.3 Å². The SMILES string of the molecule is Cc1ncc(C(=O)N2CCN(CC(C)C)[C@@H]3CS(=O)(=O)C[C@@H]32)c(=O)[nH]1. The molecule has 138 valence electrons. The average Bonchev–Trinajstić information content (AvgIpc) is 2.82. The monoisotopic (exact) mass is 368 g/mol. The molecule has 3 rings (SSSR count). The number of aryl methyl sites for hydroxylation is 1. The molecule has 1 amide bonds. The fraction of sp³-hybridized carbons (Fsp3) is 0.688. The number of amides is 1. The smallest absolute Gasteiger partial charge is 0.263 e. The summed E-state index contributed by atoms with van der Waals surface area (Å²) >= 11 is 0. The lowest BCUT2D eigenvalue weighted by Gasteiger charge is -2.44. The summed E-state index contributed by atoms with van der Waals surface area (Å²) in [7, 11) is -3.20. The fourth-order valence-corrected chi connectivity index (χ4v) is 5.78. The van der Waals surface area contributed by atoms with Crippen LogP contribution in [0.4, 0.5) is 0 Å². The van der Waals surface area contributed by atoms with E-state index in [4.69, 9.17) is 0 Å². The van der Waals surface area contributed by atoms with Gasteiger partial charge in [-0.1, -0.05) is 13.8 Å². The number of carbonyl (C=O) groups is 1. The van der Waals surface area contributed by atoms with Crippen LogP contribution in [0.15, 0.2) is 11.0 Å². The second-order valence-electron chi connectivity index (χ2n) is 7.31. The van der Waals surface area contributed by atoms with Crippen LogP contribution in [0.2, 0.25) is 0 Å². The molecule has 0 unspecified atom stereocenters. The van der Waals surface area contributed by atoms with E-state index in [1.165, 1.54) is 6.20 Å². The minimum Gasteiger partial charge on any atom is -0.332 e. The summed E-state index contributed by atoms with van der Waals surface area (Å²) in [6.07, 6.45) is 1.27. The molecule has 0 saturated carbocycles. The Balaban J connectivity index is 1.90. The summed E-state index contributed by atoms with van der Waals surface area (Å²) in [5.74, 6) is 0.427. The van der Waals surface area contributed by atoms with E-state index in [2.05, 4.69) is 28.7 Å². The Kier molecular flexibility index (Phi) is 4.72. The maximum atomic E-state index is 12.9. The number of piperazine rings is 1. The first kappa shape index (κ1) is 18.1. The van der Waals surface area contributed by atoms with E-state index in [0.29, 0.717) is 24.8 Å². The number of carbonyl (C=O) groups excluding carboxylic acids is 1. The molecule has 2 aliphatic rings. The van der Waals surface area contributed by atoms with Gasteiger partial charge in [0.2, 0.25) is 0 Å². The highest BCUT2D eigenvalue weighted by molar-refractivity contribution is 7.91. The summed E-state index contributed by atoms with van der Waals surface area (Å²) in [5, 5.41) is 0. The summed E-state index contributed by atoms with van der Waals surface area (Å²) < 4.78 is 24.4. The number of aromatic nitrogens is 2. The van der Waals surface area contributed by atoms with Gasteiger partial charge in [-0.15, -0.1) is 0 Å². The molecule has 1 aromatic heterocycles. The van der Waals surface area contributed by atoms with E-state index in [0.717, 1.165) is 6.54 Å². The number of sulfone groups is 1. The molecule has 0 aromatic carbocycles. The van der Waals surface area contributed by atoms with Gasteiger partial charge in [-0.25, -0.2) is 13.4 Å². The second kappa shape index (κ2) is 6.53. The van der Waals surface area contributed by atoms with Crippen molar-refractivity contribution in [2.24, 2.45) is 5.92 Å². The van der Waals surface area contributed by atoms with Crippen LogP contribution < -0.4 is 5.56 Å². The number of aromatic amines is 1. The Hall–Kier alpha value is -1.74. The summed E-state index contributed by atoms with van der Waals surface area (Å²) in [6.45, 7) is 7.64. The second-order valence-corrected chi connectivity index (χ2v) is 9.46. The predicted octanol–water partition coefficient (Wildman–Crippen LogP) is -0.342. The van der Waals surface area contributed by atoms with Crippen molar-refractivity contribution < 1.29 is 13.2 Å². The van der Waals surface area contributed by atoms with Crippen molar-refractivity contribution >= 4 is 15.7 Å². The van der Waals surface area contributed by atoms with E-state index in [-0.39, 0.29) is 23.1 Å². The van der Waals surface area contributed by atoms with Crippen LogP contribution in [-0.2, 0) is 9.84 Å². The van der Waals surface area contributed by atoms with Gasteiger partial charge < -0.3 is 9.88 Å². The zero-order valence-electron chi connectivity index (χ0n) is 14.7. The van der Waals surface area contributed by atoms with Gasteiger partial charge in [-0.2, -0.15) is 0 Å². The van der Waals surface area contributed by atoms with Crippen molar-refractivity contribution in [1.29, 1.82) is 0 Å². The molecule has 2 atom stereocenters. The highest BCUT2D eigenvalue weighted by Crippen LogP contribution is 2.28. The maximum absolute atomic E-state index is 12.9. The Morgan fingerprint density at radius 3 is 2.64 bits per heavy atom. The molecule has 0 bridgehead atoms. The van der Waals surface area contributed by atoms with Crippen molar-refractivity contribution in [3.63, 3.8) is 0 Å². The Labute approximate surface area is 147 Å². The minimum absolute atomic E-state index is 0.0362. The lowest BCUT2D eigenvalue weighted by Crippen LogP contribution is -2.61.